The summed E-state index contributed by atoms with van der Waals surface area (Å²) in [7, 11) is -1.55. The van der Waals surface area contributed by atoms with Crippen molar-refractivity contribution >= 4 is 39.2 Å². The van der Waals surface area contributed by atoms with Gasteiger partial charge in [-0.2, -0.15) is 0 Å². The minimum absolute atomic E-state index is 0.279. The van der Waals surface area contributed by atoms with Gasteiger partial charge in [0.25, 0.3) is 0 Å². The van der Waals surface area contributed by atoms with E-state index in [1.165, 1.54) is 0 Å². The minimum atomic E-state index is -3.17. The van der Waals surface area contributed by atoms with Crippen molar-refractivity contribution in [3.8, 4) is 0 Å². The van der Waals surface area contributed by atoms with Crippen molar-refractivity contribution in [2.45, 2.75) is 6.54 Å². The molecule has 0 aliphatic rings. The first-order chi connectivity index (χ1) is 9.81. The number of halogens is 2. The number of guanidine groups is 1. The lowest BCUT2D eigenvalue weighted by molar-refractivity contribution is 0.586. The molecule has 0 unspecified atom stereocenters. The zero-order valence-electron chi connectivity index (χ0n) is 11.8. The van der Waals surface area contributed by atoms with Gasteiger partial charge >= 0.3 is 0 Å². The summed E-state index contributed by atoms with van der Waals surface area (Å²) in [5, 5.41) is 7.22. The van der Waals surface area contributed by atoms with Crippen LogP contribution in [0, 0.1) is 0 Å². The van der Waals surface area contributed by atoms with E-state index in [0.29, 0.717) is 29.1 Å². The molecule has 0 atom stereocenters. The number of nitrogens with one attached hydrogen (secondary N) is 3. The number of aliphatic imine (C=N–C) groups is 1. The van der Waals surface area contributed by atoms with Crippen LogP contribution in [0.1, 0.15) is 5.56 Å². The third kappa shape index (κ3) is 7.52. The molecule has 0 aliphatic carbocycles. The lowest BCUT2D eigenvalue weighted by Gasteiger charge is -2.12. The van der Waals surface area contributed by atoms with Crippen molar-refractivity contribution in [3.05, 3.63) is 33.8 Å². The molecule has 1 rings (SSSR count). The quantitative estimate of drug-likeness (QED) is 0.408. The molecule has 0 amide bonds. The van der Waals surface area contributed by atoms with Crippen LogP contribution in [0.2, 0.25) is 10.0 Å². The van der Waals surface area contributed by atoms with E-state index in [-0.39, 0.29) is 6.54 Å². The van der Waals surface area contributed by atoms with Crippen molar-refractivity contribution in [2.75, 3.05) is 26.4 Å². The standard InChI is InChI=1S/C12H18Cl2N4O2S/c1-15-12(16-5-6-18-21(2,19)20)17-8-9-3-4-10(13)7-11(9)14/h3-4,7,18H,5-6,8H2,1-2H3,(H2,15,16,17). The summed E-state index contributed by atoms with van der Waals surface area (Å²) in [6, 6.07) is 5.26. The summed E-state index contributed by atoms with van der Waals surface area (Å²) in [5.74, 6) is 0.552. The third-order valence-corrected chi connectivity index (χ3v) is 3.78. The van der Waals surface area contributed by atoms with Crippen LogP contribution in [-0.2, 0) is 16.6 Å². The van der Waals surface area contributed by atoms with E-state index in [2.05, 4.69) is 20.3 Å². The first-order valence-corrected chi connectivity index (χ1v) is 8.79. The normalized spacial score (nSPS) is 12.3. The zero-order valence-corrected chi connectivity index (χ0v) is 14.1. The Bertz CT molecular complexity index is 605. The second-order valence-corrected chi connectivity index (χ2v) is 6.93. The van der Waals surface area contributed by atoms with Crippen LogP contribution in [0.3, 0.4) is 0 Å². The molecular formula is C12H18Cl2N4O2S. The first kappa shape index (κ1) is 18.0. The number of hydrogen-bond donors (Lipinski definition) is 3. The smallest absolute Gasteiger partial charge is 0.208 e. The molecule has 0 aliphatic heterocycles. The zero-order chi connectivity index (χ0) is 15.9. The fraction of sp³-hybridized carbons (Fsp3) is 0.417. The van der Waals surface area contributed by atoms with Gasteiger partial charge in [-0.25, -0.2) is 13.1 Å². The number of sulfonamides is 1. The molecule has 0 bridgehead atoms. The Balaban J connectivity index is 2.41. The fourth-order valence-corrected chi connectivity index (χ4v) is 2.43. The number of rotatable bonds is 6. The van der Waals surface area contributed by atoms with E-state index in [0.717, 1.165) is 11.8 Å². The van der Waals surface area contributed by atoms with Gasteiger partial charge in [0.1, 0.15) is 0 Å². The molecule has 0 saturated heterocycles. The van der Waals surface area contributed by atoms with Crippen LogP contribution in [-0.4, -0.2) is 40.8 Å². The van der Waals surface area contributed by atoms with E-state index < -0.39 is 10.0 Å². The largest absolute Gasteiger partial charge is 0.355 e. The van der Waals surface area contributed by atoms with Crippen LogP contribution >= 0.6 is 23.2 Å². The summed E-state index contributed by atoms with van der Waals surface area (Å²) in [5.41, 5.74) is 0.887. The molecule has 21 heavy (non-hydrogen) atoms. The third-order valence-electron chi connectivity index (χ3n) is 2.47. The van der Waals surface area contributed by atoms with Crippen LogP contribution in [0.25, 0.3) is 0 Å². The highest BCUT2D eigenvalue weighted by Crippen LogP contribution is 2.20. The van der Waals surface area contributed by atoms with E-state index in [9.17, 15) is 8.42 Å². The van der Waals surface area contributed by atoms with Crippen molar-refractivity contribution in [2.24, 2.45) is 4.99 Å². The summed E-state index contributed by atoms with van der Waals surface area (Å²) in [6.07, 6.45) is 1.11. The monoisotopic (exact) mass is 352 g/mol. The molecule has 1 aromatic rings. The van der Waals surface area contributed by atoms with Crippen LogP contribution in [0.15, 0.2) is 23.2 Å². The van der Waals surface area contributed by atoms with Gasteiger partial charge in [-0.15, -0.1) is 0 Å². The molecule has 0 aromatic heterocycles. The van der Waals surface area contributed by atoms with Gasteiger partial charge < -0.3 is 10.6 Å². The summed E-state index contributed by atoms with van der Waals surface area (Å²) in [6.45, 7) is 1.18. The van der Waals surface area contributed by atoms with Gasteiger partial charge in [-0.05, 0) is 17.7 Å². The van der Waals surface area contributed by atoms with Crippen LogP contribution < -0.4 is 15.4 Å². The van der Waals surface area contributed by atoms with Gasteiger partial charge in [0.15, 0.2) is 5.96 Å². The average Bonchev–Trinajstić information content (AvgIpc) is 2.38. The second-order valence-electron chi connectivity index (χ2n) is 4.25. The highest BCUT2D eigenvalue weighted by atomic mass is 35.5. The molecule has 0 saturated carbocycles. The predicted molar refractivity (Wildman–Crippen MR) is 87.5 cm³/mol. The highest BCUT2D eigenvalue weighted by molar-refractivity contribution is 7.88. The Morgan fingerprint density at radius 3 is 2.52 bits per heavy atom. The molecule has 0 radical (unpaired) electrons. The van der Waals surface area contributed by atoms with Crippen molar-refractivity contribution < 1.29 is 8.42 Å². The maximum absolute atomic E-state index is 10.9. The molecule has 0 fully saturated rings. The maximum Gasteiger partial charge on any atom is 0.208 e. The molecule has 0 spiro atoms. The van der Waals surface area contributed by atoms with Gasteiger partial charge in [0, 0.05) is 36.7 Å². The number of hydrogen-bond acceptors (Lipinski definition) is 3. The van der Waals surface area contributed by atoms with Gasteiger partial charge in [0.2, 0.25) is 10.0 Å². The van der Waals surface area contributed by atoms with Crippen molar-refractivity contribution in [1.82, 2.24) is 15.4 Å². The SMILES string of the molecule is CN=C(NCCNS(C)(=O)=O)NCc1ccc(Cl)cc1Cl. The molecule has 3 N–H and O–H groups in total. The Kier molecular flexibility index (Phi) is 7.24. The molecule has 9 heteroatoms. The molecular weight excluding hydrogens is 335 g/mol. The van der Waals surface area contributed by atoms with Crippen molar-refractivity contribution in [1.29, 1.82) is 0 Å². The Morgan fingerprint density at radius 1 is 1.24 bits per heavy atom. The van der Waals surface area contributed by atoms with E-state index in [4.69, 9.17) is 23.2 Å². The van der Waals surface area contributed by atoms with E-state index in [1.54, 1.807) is 19.2 Å². The van der Waals surface area contributed by atoms with Gasteiger partial charge in [-0.1, -0.05) is 29.3 Å². The predicted octanol–water partition coefficient (Wildman–Crippen LogP) is 1.21. The molecule has 118 valence electrons. The average molecular weight is 353 g/mol. The fourth-order valence-electron chi connectivity index (χ4n) is 1.48. The summed E-state index contributed by atoms with van der Waals surface area (Å²) >= 11 is 11.9. The summed E-state index contributed by atoms with van der Waals surface area (Å²) < 4.78 is 24.2. The molecule has 1 aromatic carbocycles. The lowest BCUT2D eigenvalue weighted by atomic mass is 10.2. The van der Waals surface area contributed by atoms with E-state index >= 15 is 0 Å². The lowest BCUT2D eigenvalue weighted by Crippen LogP contribution is -2.41. The van der Waals surface area contributed by atoms with Gasteiger partial charge in [0.05, 0.1) is 6.26 Å². The summed E-state index contributed by atoms with van der Waals surface area (Å²) in [4.78, 5) is 4.03. The minimum Gasteiger partial charge on any atom is -0.355 e. The molecule has 0 heterocycles. The van der Waals surface area contributed by atoms with Crippen LogP contribution in [0.5, 0.6) is 0 Å². The Morgan fingerprint density at radius 2 is 1.95 bits per heavy atom. The topological polar surface area (TPSA) is 82.6 Å². The second kappa shape index (κ2) is 8.43. The Labute approximate surface area is 135 Å². The molecule has 6 nitrogen and oxygen atoms in total. The van der Waals surface area contributed by atoms with Crippen molar-refractivity contribution in [3.63, 3.8) is 0 Å². The first-order valence-electron chi connectivity index (χ1n) is 6.15. The Hall–Kier alpha value is -1.02. The van der Waals surface area contributed by atoms with E-state index in [1.807, 2.05) is 6.07 Å². The highest BCUT2D eigenvalue weighted by Gasteiger charge is 2.04. The van der Waals surface area contributed by atoms with Gasteiger partial charge in [-0.3, -0.25) is 4.99 Å². The number of benzene rings is 1. The maximum atomic E-state index is 10.9. The van der Waals surface area contributed by atoms with Crippen LogP contribution in [0.4, 0.5) is 0 Å². The number of nitrogens with zero attached hydrogens (tertiary/aromatic N) is 1.